The van der Waals surface area contributed by atoms with E-state index < -0.39 is 0 Å². The summed E-state index contributed by atoms with van der Waals surface area (Å²) in [6.07, 6.45) is 6.79. The SMILES string of the molecule is CCC1(CNc2cc(OC)ncn2)CCC1. The van der Waals surface area contributed by atoms with E-state index in [2.05, 4.69) is 22.2 Å². The molecule has 0 radical (unpaired) electrons. The van der Waals surface area contributed by atoms with Gasteiger partial charge >= 0.3 is 0 Å². The fourth-order valence-electron chi connectivity index (χ4n) is 2.16. The Morgan fingerprint density at radius 3 is 2.81 bits per heavy atom. The quantitative estimate of drug-likeness (QED) is 0.829. The second-order valence-electron chi connectivity index (χ2n) is 4.51. The van der Waals surface area contributed by atoms with Gasteiger partial charge in [0.25, 0.3) is 0 Å². The molecule has 4 heteroatoms. The topological polar surface area (TPSA) is 47.0 Å². The van der Waals surface area contributed by atoms with Crippen LogP contribution in [0.25, 0.3) is 0 Å². The van der Waals surface area contributed by atoms with E-state index in [1.807, 2.05) is 6.07 Å². The number of anilines is 1. The molecule has 0 bridgehead atoms. The summed E-state index contributed by atoms with van der Waals surface area (Å²) in [6.45, 7) is 3.27. The highest BCUT2D eigenvalue weighted by Crippen LogP contribution is 2.43. The van der Waals surface area contributed by atoms with Crippen molar-refractivity contribution in [2.45, 2.75) is 32.6 Å². The van der Waals surface area contributed by atoms with Crippen molar-refractivity contribution in [3.05, 3.63) is 12.4 Å². The summed E-state index contributed by atoms with van der Waals surface area (Å²) in [7, 11) is 1.62. The first kappa shape index (κ1) is 11.2. The van der Waals surface area contributed by atoms with Crippen LogP contribution in [0.4, 0.5) is 5.82 Å². The minimum Gasteiger partial charge on any atom is -0.481 e. The molecule has 0 spiro atoms. The second kappa shape index (κ2) is 4.68. The lowest BCUT2D eigenvalue weighted by Crippen LogP contribution is -2.36. The summed E-state index contributed by atoms with van der Waals surface area (Å²) in [4.78, 5) is 8.16. The van der Waals surface area contributed by atoms with E-state index in [-0.39, 0.29) is 0 Å². The lowest BCUT2D eigenvalue weighted by atomic mass is 9.67. The predicted molar refractivity (Wildman–Crippen MR) is 63.6 cm³/mol. The molecule has 1 aromatic rings. The van der Waals surface area contributed by atoms with Crippen molar-refractivity contribution in [2.24, 2.45) is 5.41 Å². The van der Waals surface area contributed by atoms with Gasteiger partial charge in [-0.3, -0.25) is 0 Å². The molecule has 1 aromatic heterocycles. The predicted octanol–water partition coefficient (Wildman–Crippen LogP) is 2.48. The number of aromatic nitrogens is 2. The zero-order valence-electron chi connectivity index (χ0n) is 9.99. The van der Waals surface area contributed by atoms with Crippen molar-refractivity contribution >= 4 is 5.82 Å². The molecule has 1 aliphatic carbocycles. The number of hydrogen-bond acceptors (Lipinski definition) is 4. The van der Waals surface area contributed by atoms with Crippen LogP contribution >= 0.6 is 0 Å². The molecule has 0 amide bonds. The minimum absolute atomic E-state index is 0.498. The first-order chi connectivity index (χ1) is 7.78. The number of ether oxygens (including phenoxy) is 1. The van der Waals surface area contributed by atoms with Gasteiger partial charge in [-0.05, 0) is 24.7 Å². The van der Waals surface area contributed by atoms with E-state index >= 15 is 0 Å². The number of nitrogens with zero attached hydrogens (tertiary/aromatic N) is 2. The van der Waals surface area contributed by atoms with E-state index in [0.717, 1.165) is 12.4 Å². The van der Waals surface area contributed by atoms with Crippen LogP contribution in [0.3, 0.4) is 0 Å². The molecule has 2 rings (SSSR count). The zero-order chi connectivity index (χ0) is 11.4. The maximum atomic E-state index is 5.06. The first-order valence-electron chi connectivity index (χ1n) is 5.88. The standard InChI is InChI=1S/C12H19N3O/c1-3-12(5-4-6-12)8-13-10-7-11(16-2)15-9-14-10/h7,9H,3-6,8H2,1-2H3,(H,13,14,15). The van der Waals surface area contributed by atoms with Gasteiger partial charge in [0.15, 0.2) is 0 Å². The minimum atomic E-state index is 0.498. The highest BCUT2D eigenvalue weighted by atomic mass is 16.5. The van der Waals surface area contributed by atoms with Crippen LogP contribution in [0.5, 0.6) is 5.88 Å². The average Bonchev–Trinajstić information content (AvgIpc) is 2.29. The summed E-state index contributed by atoms with van der Waals surface area (Å²) < 4.78 is 5.06. The molecule has 88 valence electrons. The third kappa shape index (κ3) is 2.26. The summed E-state index contributed by atoms with van der Waals surface area (Å²) in [5.41, 5.74) is 0.498. The van der Waals surface area contributed by atoms with Crippen molar-refractivity contribution in [1.29, 1.82) is 0 Å². The first-order valence-corrected chi connectivity index (χ1v) is 5.88. The molecule has 0 saturated heterocycles. The Bertz CT molecular complexity index is 344. The maximum Gasteiger partial charge on any atom is 0.218 e. The van der Waals surface area contributed by atoms with Gasteiger partial charge in [0, 0.05) is 12.6 Å². The molecule has 0 atom stereocenters. The lowest BCUT2D eigenvalue weighted by molar-refractivity contribution is 0.145. The number of rotatable bonds is 5. The smallest absolute Gasteiger partial charge is 0.218 e. The third-order valence-electron chi connectivity index (χ3n) is 3.66. The molecule has 1 N–H and O–H groups in total. The Morgan fingerprint density at radius 2 is 2.25 bits per heavy atom. The monoisotopic (exact) mass is 221 g/mol. The van der Waals surface area contributed by atoms with Crippen molar-refractivity contribution in [1.82, 2.24) is 9.97 Å². The molecule has 0 aliphatic heterocycles. The highest BCUT2D eigenvalue weighted by molar-refractivity contribution is 5.37. The third-order valence-corrected chi connectivity index (χ3v) is 3.66. The van der Waals surface area contributed by atoms with E-state index in [4.69, 9.17) is 4.74 Å². The molecule has 4 nitrogen and oxygen atoms in total. The van der Waals surface area contributed by atoms with E-state index in [0.29, 0.717) is 11.3 Å². The average molecular weight is 221 g/mol. The molecule has 0 aromatic carbocycles. The van der Waals surface area contributed by atoms with Gasteiger partial charge < -0.3 is 10.1 Å². The Kier molecular flexibility index (Phi) is 3.27. The van der Waals surface area contributed by atoms with Crippen molar-refractivity contribution < 1.29 is 4.74 Å². The number of nitrogens with one attached hydrogen (secondary N) is 1. The van der Waals surface area contributed by atoms with Gasteiger partial charge in [-0.1, -0.05) is 13.3 Å². The Morgan fingerprint density at radius 1 is 1.44 bits per heavy atom. The Balaban J connectivity index is 1.93. The molecule has 16 heavy (non-hydrogen) atoms. The fourth-order valence-corrected chi connectivity index (χ4v) is 2.16. The van der Waals surface area contributed by atoms with Gasteiger partial charge in [-0.15, -0.1) is 0 Å². The van der Waals surface area contributed by atoms with Gasteiger partial charge in [-0.25, -0.2) is 9.97 Å². The molecule has 1 heterocycles. The van der Waals surface area contributed by atoms with Gasteiger partial charge in [0.2, 0.25) is 5.88 Å². The Labute approximate surface area is 96.4 Å². The van der Waals surface area contributed by atoms with Gasteiger partial charge in [0.05, 0.1) is 7.11 Å². The number of methoxy groups -OCH3 is 1. The van der Waals surface area contributed by atoms with Crippen LogP contribution in [-0.2, 0) is 0 Å². The summed E-state index contributed by atoms with van der Waals surface area (Å²) in [5, 5.41) is 3.38. The summed E-state index contributed by atoms with van der Waals surface area (Å²) in [6, 6.07) is 1.84. The maximum absolute atomic E-state index is 5.06. The van der Waals surface area contributed by atoms with Crippen LogP contribution in [0.15, 0.2) is 12.4 Å². The Hall–Kier alpha value is -1.32. The van der Waals surface area contributed by atoms with Crippen LogP contribution < -0.4 is 10.1 Å². The molecule has 1 saturated carbocycles. The van der Waals surface area contributed by atoms with Crippen LogP contribution in [0, 0.1) is 5.41 Å². The summed E-state index contributed by atoms with van der Waals surface area (Å²) >= 11 is 0. The van der Waals surface area contributed by atoms with Gasteiger partial charge in [0.1, 0.15) is 12.1 Å². The molecule has 1 aliphatic rings. The fraction of sp³-hybridized carbons (Fsp3) is 0.667. The van der Waals surface area contributed by atoms with Crippen LogP contribution in [0.2, 0.25) is 0 Å². The van der Waals surface area contributed by atoms with E-state index in [9.17, 15) is 0 Å². The molecular weight excluding hydrogens is 202 g/mol. The lowest BCUT2D eigenvalue weighted by Gasteiger charge is -2.41. The van der Waals surface area contributed by atoms with Crippen LogP contribution in [0.1, 0.15) is 32.6 Å². The van der Waals surface area contributed by atoms with Crippen molar-refractivity contribution in [3.8, 4) is 5.88 Å². The largest absolute Gasteiger partial charge is 0.481 e. The molecule has 0 unspecified atom stereocenters. The molecular formula is C12H19N3O. The normalized spacial score (nSPS) is 17.6. The van der Waals surface area contributed by atoms with Gasteiger partial charge in [-0.2, -0.15) is 0 Å². The molecule has 1 fully saturated rings. The summed E-state index contributed by atoms with van der Waals surface area (Å²) in [5.74, 6) is 1.46. The highest BCUT2D eigenvalue weighted by Gasteiger charge is 2.34. The van der Waals surface area contributed by atoms with E-state index in [1.165, 1.54) is 32.0 Å². The number of hydrogen-bond donors (Lipinski definition) is 1. The zero-order valence-corrected chi connectivity index (χ0v) is 9.99. The second-order valence-corrected chi connectivity index (χ2v) is 4.51. The van der Waals surface area contributed by atoms with E-state index in [1.54, 1.807) is 7.11 Å². The van der Waals surface area contributed by atoms with Crippen molar-refractivity contribution in [3.63, 3.8) is 0 Å². The van der Waals surface area contributed by atoms with Crippen molar-refractivity contribution in [2.75, 3.05) is 19.0 Å². The van der Waals surface area contributed by atoms with Crippen LogP contribution in [-0.4, -0.2) is 23.6 Å².